The topological polar surface area (TPSA) is 21.3 Å². The van der Waals surface area contributed by atoms with Gasteiger partial charge in [0.25, 0.3) is 0 Å². The van der Waals surface area contributed by atoms with Gasteiger partial charge in [-0.3, -0.25) is 0 Å². The SMILES string of the molecule is CNC(C)c1ccc(Oc2ccc(Br)cc2Cl)c(Br)c1. The van der Waals surface area contributed by atoms with Crippen LogP contribution in [0.4, 0.5) is 0 Å². The molecule has 1 unspecified atom stereocenters. The van der Waals surface area contributed by atoms with E-state index in [9.17, 15) is 0 Å². The molecule has 0 aromatic heterocycles. The quantitative estimate of drug-likeness (QED) is 0.662. The first-order chi connectivity index (χ1) is 9.51. The van der Waals surface area contributed by atoms with E-state index in [4.69, 9.17) is 16.3 Å². The molecule has 0 aliphatic rings. The maximum Gasteiger partial charge on any atom is 0.146 e. The average molecular weight is 420 g/mol. The van der Waals surface area contributed by atoms with Crippen molar-refractivity contribution in [2.24, 2.45) is 0 Å². The van der Waals surface area contributed by atoms with Gasteiger partial charge in [0.1, 0.15) is 11.5 Å². The summed E-state index contributed by atoms with van der Waals surface area (Å²) in [6.07, 6.45) is 0. The standard InChI is InChI=1S/C15H14Br2ClNO/c1-9(19-2)10-3-5-14(12(17)7-10)20-15-6-4-11(16)8-13(15)18/h3-9,19H,1-2H3. The highest BCUT2D eigenvalue weighted by Crippen LogP contribution is 2.36. The van der Waals surface area contributed by atoms with E-state index in [1.54, 1.807) is 0 Å². The first kappa shape index (κ1) is 15.8. The normalized spacial score (nSPS) is 12.2. The Morgan fingerprint density at radius 3 is 2.40 bits per heavy atom. The molecule has 106 valence electrons. The smallest absolute Gasteiger partial charge is 0.146 e. The van der Waals surface area contributed by atoms with E-state index >= 15 is 0 Å². The molecule has 2 rings (SSSR count). The van der Waals surface area contributed by atoms with Gasteiger partial charge in [-0.1, -0.05) is 33.6 Å². The Hall–Kier alpha value is -0.550. The zero-order chi connectivity index (χ0) is 14.7. The number of rotatable bonds is 4. The molecule has 20 heavy (non-hydrogen) atoms. The van der Waals surface area contributed by atoms with E-state index in [2.05, 4.69) is 44.1 Å². The molecule has 2 aromatic rings. The lowest BCUT2D eigenvalue weighted by Gasteiger charge is -2.14. The largest absolute Gasteiger partial charge is 0.455 e. The number of hydrogen-bond acceptors (Lipinski definition) is 2. The molecule has 2 aromatic carbocycles. The fraction of sp³-hybridized carbons (Fsp3) is 0.200. The van der Waals surface area contributed by atoms with Crippen molar-refractivity contribution in [2.45, 2.75) is 13.0 Å². The Kier molecular flexibility index (Phi) is 5.49. The molecular weight excluding hydrogens is 405 g/mol. The predicted molar refractivity (Wildman–Crippen MR) is 90.8 cm³/mol. The Morgan fingerprint density at radius 2 is 1.80 bits per heavy atom. The molecule has 1 atom stereocenters. The molecule has 0 saturated heterocycles. The number of nitrogens with one attached hydrogen (secondary N) is 1. The molecule has 0 spiro atoms. The summed E-state index contributed by atoms with van der Waals surface area (Å²) in [5.41, 5.74) is 1.19. The van der Waals surface area contributed by atoms with Crippen LogP contribution < -0.4 is 10.1 Å². The second-order valence-corrected chi connectivity index (χ2v) is 6.55. The van der Waals surface area contributed by atoms with Gasteiger partial charge < -0.3 is 10.1 Å². The van der Waals surface area contributed by atoms with Crippen LogP contribution in [0, 0.1) is 0 Å². The Balaban J connectivity index is 2.25. The highest BCUT2D eigenvalue weighted by molar-refractivity contribution is 9.10. The maximum absolute atomic E-state index is 6.16. The van der Waals surface area contributed by atoms with Crippen LogP contribution in [-0.4, -0.2) is 7.05 Å². The first-order valence-corrected chi connectivity index (χ1v) is 8.07. The Morgan fingerprint density at radius 1 is 1.10 bits per heavy atom. The summed E-state index contributed by atoms with van der Waals surface area (Å²) in [7, 11) is 1.94. The molecule has 5 heteroatoms. The van der Waals surface area contributed by atoms with Crippen LogP contribution in [0.25, 0.3) is 0 Å². The minimum atomic E-state index is 0.289. The second kappa shape index (κ2) is 6.94. The summed E-state index contributed by atoms with van der Waals surface area (Å²) >= 11 is 13.1. The van der Waals surface area contributed by atoms with Gasteiger partial charge >= 0.3 is 0 Å². The average Bonchev–Trinajstić information content (AvgIpc) is 2.42. The van der Waals surface area contributed by atoms with Gasteiger partial charge in [0, 0.05) is 10.5 Å². The van der Waals surface area contributed by atoms with Gasteiger partial charge in [-0.2, -0.15) is 0 Å². The summed E-state index contributed by atoms with van der Waals surface area (Å²) in [5, 5.41) is 3.77. The number of benzene rings is 2. The van der Waals surface area contributed by atoms with Gasteiger partial charge in [-0.25, -0.2) is 0 Å². The third kappa shape index (κ3) is 3.76. The zero-order valence-electron chi connectivity index (χ0n) is 11.1. The van der Waals surface area contributed by atoms with Gasteiger partial charge in [0.05, 0.1) is 9.50 Å². The number of halogens is 3. The molecule has 0 aliphatic carbocycles. The van der Waals surface area contributed by atoms with Crippen LogP contribution in [0.1, 0.15) is 18.5 Å². The van der Waals surface area contributed by atoms with E-state index in [1.165, 1.54) is 5.56 Å². The third-order valence-electron chi connectivity index (χ3n) is 3.00. The van der Waals surface area contributed by atoms with Crippen LogP contribution in [0.2, 0.25) is 5.02 Å². The molecule has 0 fully saturated rings. The fourth-order valence-corrected chi connectivity index (χ4v) is 2.90. The molecule has 0 bridgehead atoms. The number of hydrogen-bond donors (Lipinski definition) is 1. The van der Waals surface area contributed by atoms with Crippen LogP contribution in [-0.2, 0) is 0 Å². The summed E-state index contributed by atoms with van der Waals surface area (Å²) in [6, 6.07) is 11.8. The van der Waals surface area contributed by atoms with Crippen molar-refractivity contribution in [3.63, 3.8) is 0 Å². The minimum absolute atomic E-state index is 0.289. The summed E-state index contributed by atoms with van der Waals surface area (Å²) in [6.45, 7) is 2.11. The van der Waals surface area contributed by atoms with Gasteiger partial charge in [-0.05, 0) is 65.8 Å². The molecule has 0 heterocycles. The van der Waals surface area contributed by atoms with Crippen LogP contribution in [0.15, 0.2) is 45.3 Å². The van der Waals surface area contributed by atoms with E-state index in [0.717, 1.165) is 14.7 Å². The number of ether oxygens (including phenoxy) is 1. The van der Waals surface area contributed by atoms with E-state index in [1.807, 2.05) is 43.4 Å². The molecular formula is C15H14Br2ClNO. The minimum Gasteiger partial charge on any atom is -0.455 e. The monoisotopic (exact) mass is 417 g/mol. The lowest BCUT2D eigenvalue weighted by molar-refractivity contribution is 0.479. The van der Waals surface area contributed by atoms with Gasteiger partial charge in [0.15, 0.2) is 0 Å². The second-order valence-electron chi connectivity index (χ2n) is 4.38. The predicted octanol–water partition coefficient (Wildman–Crippen LogP) is 5.94. The van der Waals surface area contributed by atoms with Crippen molar-refractivity contribution in [2.75, 3.05) is 7.05 Å². The lowest BCUT2D eigenvalue weighted by Crippen LogP contribution is -2.12. The molecule has 0 amide bonds. The van der Waals surface area contributed by atoms with Crippen LogP contribution >= 0.6 is 43.5 Å². The van der Waals surface area contributed by atoms with Crippen molar-refractivity contribution < 1.29 is 4.74 Å². The molecule has 2 nitrogen and oxygen atoms in total. The van der Waals surface area contributed by atoms with Crippen LogP contribution in [0.3, 0.4) is 0 Å². The maximum atomic E-state index is 6.16. The van der Waals surface area contributed by atoms with Crippen molar-refractivity contribution in [3.8, 4) is 11.5 Å². The lowest BCUT2D eigenvalue weighted by atomic mass is 10.1. The molecule has 0 saturated carbocycles. The van der Waals surface area contributed by atoms with Gasteiger partial charge in [0.2, 0.25) is 0 Å². The van der Waals surface area contributed by atoms with Crippen molar-refractivity contribution in [3.05, 3.63) is 55.9 Å². The van der Waals surface area contributed by atoms with E-state index in [-0.39, 0.29) is 6.04 Å². The van der Waals surface area contributed by atoms with Crippen molar-refractivity contribution in [1.82, 2.24) is 5.32 Å². The highest BCUT2D eigenvalue weighted by atomic mass is 79.9. The van der Waals surface area contributed by atoms with Crippen molar-refractivity contribution >= 4 is 43.5 Å². The molecule has 0 radical (unpaired) electrons. The van der Waals surface area contributed by atoms with Crippen LogP contribution in [0.5, 0.6) is 11.5 Å². The first-order valence-electron chi connectivity index (χ1n) is 6.11. The highest BCUT2D eigenvalue weighted by Gasteiger charge is 2.09. The van der Waals surface area contributed by atoms with Gasteiger partial charge in [-0.15, -0.1) is 0 Å². The summed E-state index contributed by atoms with van der Waals surface area (Å²) in [5.74, 6) is 1.37. The van der Waals surface area contributed by atoms with E-state index in [0.29, 0.717) is 10.8 Å². The van der Waals surface area contributed by atoms with E-state index < -0.39 is 0 Å². The third-order valence-corrected chi connectivity index (χ3v) is 4.41. The van der Waals surface area contributed by atoms with Crippen molar-refractivity contribution in [1.29, 1.82) is 0 Å². The summed E-state index contributed by atoms with van der Waals surface area (Å²) < 4.78 is 7.67. The Labute approximate surface area is 140 Å². The fourth-order valence-electron chi connectivity index (χ4n) is 1.71. The molecule has 1 N–H and O–H groups in total. The summed E-state index contributed by atoms with van der Waals surface area (Å²) in [4.78, 5) is 0. The zero-order valence-corrected chi connectivity index (χ0v) is 15.0. The Bertz CT molecular complexity index is 619. The molecule has 0 aliphatic heterocycles.